The maximum atomic E-state index is 12.7. The first kappa shape index (κ1) is 26.8. The van der Waals surface area contributed by atoms with Crippen LogP contribution in [0.3, 0.4) is 0 Å². The number of nitrogens with zero attached hydrogens (tertiary/aromatic N) is 2. The Morgan fingerprint density at radius 3 is 2.37 bits per heavy atom. The third-order valence-corrected chi connectivity index (χ3v) is 8.93. The van der Waals surface area contributed by atoms with Gasteiger partial charge in [-0.05, 0) is 55.7 Å². The van der Waals surface area contributed by atoms with Gasteiger partial charge in [0.15, 0.2) is 0 Å². The summed E-state index contributed by atoms with van der Waals surface area (Å²) in [5, 5.41) is 2.77. The predicted molar refractivity (Wildman–Crippen MR) is 136 cm³/mol. The molecule has 35 heavy (non-hydrogen) atoms. The minimum absolute atomic E-state index is 0.191. The van der Waals surface area contributed by atoms with Crippen molar-refractivity contribution in [3.8, 4) is 0 Å². The number of hydrogen-bond donors (Lipinski definition) is 2. The summed E-state index contributed by atoms with van der Waals surface area (Å²) >= 11 is 0. The number of rotatable bonds is 7. The van der Waals surface area contributed by atoms with Crippen LogP contribution in [0.2, 0.25) is 0 Å². The van der Waals surface area contributed by atoms with E-state index in [1.807, 2.05) is 13.8 Å². The van der Waals surface area contributed by atoms with E-state index in [1.165, 1.54) is 34.6 Å². The molecule has 0 bridgehead atoms. The van der Waals surface area contributed by atoms with Crippen molar-refractivity contribution in [3.05, 3.63) is 59.7 Å². The number of benzene rings is 2. The van der Waals surface area contributed by atoms with Crippen LogP contribution in [0.1, 0.15) is 55.5 Å². The fourth-order valence-electron chi connectivity index (χ4n) is 3.86. The first-order valence-electron chi connectivity index (χ1n) is 11.8. The van der Waals surface area contributed by atoms with E-state index in [9.17, 15) is 21.6 Å². The topological polar surface area (TPSA) is 125 Å². The Kier molecular flexibility index (Phi) is 9.03. The molecular weight excluding hydrogens is 488 g/mol. The number of carbonyl (C=O) groups is 1. The standard InChI is InChI=1S/C22H26N4O5S2.C2H6/c27-22(17-9-11-18(12-10-17)33(30,31)26-15-4-1-5-16-26)24-14-6-13-23-21-19-7-2-3-8-20(19)32(28,29)25-21;1-2/h2-3,7-12H,1,4-6,13-16H2,(H,23,25)(H,24,27);1-2H3. The molecule has 2 N–H and O–H groups in total. The number of fused-ring (bicyclic) bond motifs is 1. The average molecular weight is 521 g/mol. The van der Waals surface area contributed by atoms with Crippen LogP contribution in [0, 0.1) is 0 Å². The number of nitrogens with one attached hydrogen (secondary N) is 2. The Balaban J connectivity index is 0.00000167. The van der Waals surface area contributed by atoms with Gasteiger partial charge in [-0.3, -0.25) is 14.5 Å². The van der Waals surface area contributed by atoms with Gasteiger partial charge in [0.05, 0.1) is 9.79 Å². The molecule has 0 atom stereocenters. The predicted octanol–water partition coefficient (Wildman–Crippen LogP) is 2.75. The number of hydrogen-bond acceptors (Lipinski definition) is 6. The molecule has 0 spiro atoms. The van der Waals surface area contributed by atoms with E-state index < -0.39 is 20.0 Å². The molecule has 1 amide bonds. The maximum Gasteiger partial charge on any atom is 0.263 e. The highest BCUT2D eigenvalue weighted by Gasteiger charge is 2.30. The van der Waals surface area contributed by atoms with Gasteiger partial charge >= 0.3 is 0 Å². The number of amidine groups is 1. The lowest BCUT2D eigenvalue weighted by Gasteiger charge is -2.25. The molecule has 2 aliphatic rings. The Morgan fingerprint density at radius 1 is 1.03 bits per heavy atom. The van der Waals surface area contributed by atoms with E-state index in [2.05, 4.69) is 15.0 Å². The molecule has 9 nitrogen and oxygen atoms in total. The van der Waals surface area contributed by atoms with Gasteiger partial charge in [0, 0.05) is 37.3 Å². The highest BCUT2D eigenvalue weighted by molar-refractivity contribution is 7.90. The van der Waals surface area contributed by atoms with Gasteiger partial charge in [-0.2, -0.15) is 4.31 Å². The summed E-state index contributed by atoms with van der Waals surface area (Å²) in [7, 11) is -7.09. The summed E-state index contributed by atoms with van der Waals surface area (Å²) in [6.07, 6.45) is 3.29. The van der Waals surface area contributed by atoms with Gasteiger partial charge < -0.3 is 5.32 Å². The zero-order valence-corrected chi connectivity index (χ0v) is 21.7. The lowest BCUT2D eigenvalue weighted by atomic mass is 10.2. The van der Waals surface area contributed by atoms with Gasteiger partial charge in [0.2, 0.25) is 10.0 Å². The number of piperidine rings is 1. The molecule has 2 aliphatic heterocycles. The third-order valence-electron chi connectivity index (χ3n) is 5.62. The summed E-state index contributed by atoms with van der Waals surface area (Å²) in [5.41, 5.74) is 0.914. The van der Waals surface area contributed by atoms with Crippen LogP contribution in [0.4, 0.5) is 0 Å². The van der Waals surface area contributed by atoms with Gasteiger partial charge in [-0.1, -0.05) is 32.4 Å². The highest BCUT2D eigenvalue weighted by Crippen LogP contribution is 2.22. The van der Waals surface area contributed by atoms with Crippen molar-refractivity contribution in [1.82, 2.24) is 14.3 Å². The van der Waals surface area contributed by atoms with Crippen LogP contribution in [0.25, 0.3) is 0 Å². The van der Waals surface area contributed by atoms with E-state index >= 15 is 0 Å². The molecular formula is C24H32N4O5S2. The molecule has 0 aliphatic carbocycles. The number of aliphatic imine (C=N–C) groups is 1. The second kappa shape index (κ2) is 11.8. The fraction of sp³-hybridized carbons (Fsp3) is 0.417. The molecule has 0 saturated carbocycles. The van der Waals surface area contributed by atoms with Crippen LogP contribution in [-0.2, 0) is 20.0 Å². The van der Waals surface area contributed by atoms with Crippen molar-refractivity contribution in [2.45, 2.75) is 49.3 Å². The minimum atomic E-state index is -3.56. The van der Waals surface area contributed by atoms with Gasteiger partial charge in [-0.15, -0.1) is 0 Å². The molecule has 1 fully saturated rings. The molecule has 190 valence electrons. The molecule has 4 rings (SSSR count). The molecule has 0 unspecified atom stereocenters. The van der Waals surface area contributed by atoms with Crippen LogP contribution in [-0.4, -0.2) is 59.1 Å². The monoisotopic (exact) mass is 520 g/mol. The summed E-state index contributed by atoms with van der Waals surface area (Å²) in [5.74, 6) is -0.00100. The van der Waals surface area contributed by atoms with E-state index in [4.69, 9.17) is 0 Å². The van der Waals surface area contributed by atoms with E-state index in [0.717, 1.165) is 19.3 Å². The average Bonchev–Trinajstić information content (AvgIpc) is 3.15. The van der Waals surface area contributed by atoms with Crippen LogP contribution < -0.4 is 10.0 Å². The molecule has 2 heterocycles. The van der Waals surface area contributed by atoms with Gasteiger partial charge in [-0.25, -0.2) is 16.8 Å². The summed E-state index contributed by atoms with van der Waals surface area (Å²) < 4.78 is 53.5. The van der Waals surface area contributed by atoms with E-state index in [1.54, 1.807) is 18.2 Å². The molecule has 2 aromatic carbocycles. The molecule has 0 radical (unpaired) electrons. The zero-order chi connectivity index (χ0) is 25.5. The zero-order valence-electron chi connectivity index (χ0n) is 20.0. The Bertz CT molecular complexity index is 1270. The van der Waals surface area contributed by atoms with Crippen molar-refractivity contribution in [3.63, 3.8) is 0 Å². The van der Waals surface area contributed by atoms with Crippen molar-refractivity contribution in [1.29, 1.82) is 0 Å². The first-order valence-corrected chi connectivity index (χ1v) is 14.8. The molecule has 11 heteroatoms. The van der Waals surface area contributed by atoms with Crippen LogP contribution in [0.15, 0.2) is 63.3 Å². The second-order valence-electron chi connectivity index (χ2n) is 7.93. The fourth-order valence-corrected chi connectivity index (χ4v) is 6.63. The van der Waals surface area contributed by atoms with Crippen molar-refractivity contribution in [2.75, 3.05) is 26.2 Å². The Labute approximate surface area is 207 Å². The molecule has 0 aromatic heterocycles. The smallest absolute Gasteiger partial charge is 0.263 e. The van der Waals surface area contributed by atoms with E-state index in [0.29, 0.717) is 49.6 Å². The number of sulfonamides is 2. The Hall–Kier alpha value is -2.76. The lowest BCUT2D eigenvalue weighted by molar-refractivity contribution is 0.0953. The highest BCUT2D eigenvalue weighted by atomic mass is 32.2. The van der Waals surface area contributed by atoms with E-state index in [-0.39, 0.29) is 15.7 Å². The number of amides is 1. The minimum Gasteiger partial charge on any atom is -0.352 e. The normalized spacial score (nSPS) is 18.2. The molecule has 2 aromatic rings. The number of carbonyl (C=O) groups excluding carboxylic acids is 1. The summed E-state index contributed by atoms with van der Waals surface area (Å²) in [6, 6.07) is 12.6. The Morgan fingerprint density at radius 2 is 1.69 bits per heavy atom. The quantitative estimate of drug-likeness (QED) is 0.543. The van der Waals surface area contributed by atoms with Crippen LogP contribution >= 0.6 is 0 Å². The van der Waals surface area contributed by atoms with Gasteiger partial charge in [0.1, 0.15) is 5.84 Å². The third kappa shape index (κ3) is 6.28. The first-order chi connectivity index (χ1) is 16.8. The molecule has 1 saturated heterocycles. The SMILES string of the molecule is CC.O=C(NCCCN=C1NS(=O)(=O)c2ccccc21)c1ccc(S(=O)(=O)N2CCCCC2)cc1. The second-order valence-corrected chi connectivity index (χ2v) is 11.5. The van der Waals surface area contributed by atoms with Crippen molar-refractivity contribution < 1.29 is 21.6 Å². The summed E-state index contributed by atoms with van der Waals surface area (Å²) in [4.78, 5) is 17.1. The van der Waals surface area contributed by atoms with Crippen LogP contribution in [0.5, 0.6) is 0 Å². The maximum absolute atomic E-state index is 12.7. The van der Waals surface area contributed by atoms with Crippen molar-refractivity contribution >= 4 is 31.8 Å². The van der Waals surface area contributed by atoms with Gasteiger partial charge in [0.25, 0.3) is 15.9 Å². The lowest BCUT2D eigenvalue weighted by Crippen LogP contribution is -2.35. The summed E-state index contributed by atoms with van der Waals surface area (Å²) in [6.45, 7) is 5.74. The largest absolute Gasteiger partial charge is 0.352 e. The van der Waals surface area contributed by atoms with Crippen molar-refractivity contribution in [2.24, 2.45) is 4.99 Å².